The molecular formula is C22H23Cl2N3O2. The van der Waals surface area contributed by atoms with Gasteiger partial charge in [0.2, 0.25) is 5.91 Å². The number of aryl methyl sites for hydroxylation is 1. The van der Waals surface area contributed by atoms with Gasteiger partial charge in [-0.1, -0.05) is 35.3 Å². The first-order valence-electron chi connectivity index (χ1n) is 9.17. The van der Waals surface area contributed by atoms with E-state index in [1.807, 2.05) is 44.2 Å². The quantitative estimate of drug-likeness (QED) is 0.551. The van der Waals surface area contributed by atoms with Crippen molar-refractivity contribution in [2.75, 3.05) is 14.2 Å². The van der Waals surface area contributed by atoms with Crippen molar-refractivity contribution in [2.45, 2.75) is 26.8 Å². The third kappa shape index (κ3) is 4.74. The van der Waals surface area contributed by atoms with Crippen LogP contribution in [0.5, 0.6) is 5.75 Å². The molecule has 152 valence electrons. The average molecular weight is 432 g/mol. The van der Waals surface area contributed by atoms with Crippen LogP contribution < -0.4 is 4.74 Å². The number of carbonyl (C=O) groups excluding carboxylic acids is 1. The Bertz CT molecular complexity index is 1050. The number of amides is 1. The van der Waals surface area contributed by atoms with Gasteiger partial charge in [0.1, 0.15) is 5.75 Å². The van der Waals surface area contributed by atoms with Crippen LogP contribution in [0.4, 0.5) is 0 Å². The van der Waals surface area contributed by atoms with Crippen molar-refractivity contribution in [3.8, 4) is 11.4 Å². The zero-order chi connectivity index (χ0) is 21.1. The Morgan fingerprint density at radius 2 is 1.90 bits per heavy atom. The SMILES string of the molecule is COc1cccc(CN(C)C(=O)Cc2c(C)nn(-c3ccc(Cl)c(Cl)c3)c2C)c1. The number of nitrogens with zero attached hydrogens (tertiary/aromatic N) is 3. The number of rotatable bonds is 6. The molecule has 0 N–H and O–H groups in total. The maximum Gasteiger partial charge on any atom is 0.227 e. The summed E-state index contributed by atoms with van der Waals surface area (Å²) in [5.74, 6) is 0.797. The minimum Gasteiger partial charge on any atom is -0.497 e. The molecule has 5 nitrogen and oxygen atoms in total. The van der Waals surface area contributed by atoms with Crippen LogP contribution in [0, 0.1) is 13.8 Å². The third-order valence-corrected chi connectivity index (χ3v) is 5.64. The van der Waals surface area contributed by atoms with Gasteiger partial charge in [-0.3, -0.25) is 4.79 Å². The molecule has 0 unspecified atom stereocenters. The molecule has 1 aromatic heterocycles. The van der Waals surface area contributed by atoms with Crippen molar-refractivity contribution in [3.63, 3.8) is 0 Å². The highest BCUT2D eigenvalue weighted by atomic mass is 35.5. The van der Waals surface area contributed by atoms with Crippen LogP contribution in [0.25, 0.3) is 5.69 Å². The minimum atomic E-state index is 0.0210. The van der Waals surface area contributed by atoms with Crippen LogP contribution in [0.1, 0.15) is 22.5 Å². The monoisotopic (exact) mass is 431 g/mol. The second-order valence-electron chi connectivity index (χ2n) is 6.94. The van der Waals surface area contributed by atoms with Crippen LogP contribution in [-0.2, 0) is 17.8 Å². The normalized spacial score (nSPS) is 10.8. The second-order valence-corrected chi connectivity index (χ2v) is 7.75. The Morgan fingerprint density at radius 1 is 1.14 bits per heavy atom. The van der Waals surface area contributed by atoms with Gasteiger partial charge in [-0.25, -0.2) is 4.68 Å². The summed E-state index contributed by atoms with van der Waals surface area (Å²) in [4.78, 5) is 14.6. The molecule has 0 radical (unpaired) electrons. The van der Waals surface area contributed by atoms with E-state index < -0.39 is 0 Å². The molecule has 3 aromatic rings. The third-order valence-electron chi connectivity index (χ3n) is 4.90. The lowest BCUT2D eigenvalue weighted by molar-refractivity contribution is -0.129. The molecule has 29 heavy (non-hydrogen) atoms. The summed E-state index contributed by atoms with van der Waals surface area (Å²) in [5.41, 5.74) is 4.46. The first-order chi connectivity index (χ1) is 13.8. The maximum absolute atomic E-state index is 12.8. The van der Waals surface area contributed by atoms with Crippen molar-refractivity contribution in [2.24, 2.45) is 0 Å². The predicted octanol–water partition coefficient (Wildman–Crippen LogP) is 5.01. The number of likely N-dealkylation sites (N-methyl/N-ethyl adjacent to an activating group) is 1. The Hall–Kier alpha value is -2.50. The van der Waals surface area contributed by atoms with Crippen LogP contribution in [-0.4, -0.2) is 34.7 Å². The number of ether oxygens (including phenoxy) is 1. The smallest absolute Gasteiger partial charge is 0.227 e. The Kier molecular flexibility index (Phi) is 6.50. The molecule has 7 heteroatoms. The van der Waals surface area contributed by atoms with Crippen LogP contribution in [0.2, 0.25) is 10.0 Å². The van der Waals surface area contributed by atoms with E-state index in [1.54, 1.807) is 35.9 Å². The molecule has 1 heterocycles. The Balaban J connectivity index is 1.78. The Labute approximate surface area is 180 Å². The maximum atomic E-state index is 12.8. The van der Waals surface area contributed by atoms with E-state index in [0.717, 1.165) is 34.0 Å². The number of halogens is 2. The second kappa shape index (κ2) is 8.89. The van der Waals surface area contributed by atoms with Crippen molar-refractivity contribution in [1.82, 2.24) is 14.7 Å². The first-order valence-corrected chi connectivity index (χ1v) is 9.93. The minimum absolute atomic E-state index is 0.0210. The van der Waals surface area contributed by atoms with E-state index in [2.05, 4.69) is 5.10 Å². The van der Waals surface area contributed by atoms with Crippen LogP contribution >= 0.6 is 23.2 Å². The fraction of sp³-hybridized carbons (Fsp3) is 0.273. The van der Waals surface area contributed by atoms with Gasteiger partial charge < -0.3 is 9.64 Å². The van der Waals surface area contributed by atoms with Gasteiger partial charge in [0, 0.05) is 24.8 Å². The van der Waals surface area contributed by atoms with Crippen molar-refractivity contribution in [1.29, 1.82) is 0 Å². The number of methoxy groups -OCH3 is 1. The highest BCUT2D eigenvalue weighted by molar-refractivity contribution is 6.42. The van der Waals surface area contributed by atoms with Crippen molar-refractivity contribution < 1.29 is 9.53 Å². The summed E-state index contributed by atoms with van der Waals surface area (Å²) in [6, 6.07) is 13.1. The highest BCUT2D eigenvalue weighted by Gasteiger charge is 2.19. The van der Waals surface area contributed by atoms with E-state index in [1.165, 1.54) is 0 Å². The number of aromatic nitrogens is 2. The fourth-order valence-corrected chi connectivity index (χ4v) is 3.51. The molecule has 0 aliphatic rings. The first kappa shape index (κ1) is 21.2. The summed E-state index contributed by atoms with van der Waals surface area (Å²) in [6.07, 6.45) is 0.277. The van der Waals surface area contributed by atoms with E-state index >= 15 is 0 Å². The molecule has 0 bridgehead atoms. The fourth-order valence-electron chi connectivity index (χ4n) is 3.22. The summed E-state index contributed by atoms with van der Waals surface area (Å²) in [7, 11) is 3.43. The van der Waals surface area contributed by atoms with Gasteiger partial charge in [0.05, 0.1) is 35.0 Å². The number of carbonyl (C=O) groups is 1. The predicted molar refractivity (Wildman–Crippen MR) is 116 cm³/mol. The lowest BCUT2D eigenvalue weighted by atomic mass is 10.1. The molecule has 2 aromatic carbocycles. The van der Waals surface area contributed by atoms with Crippen LogP contribution in [0.3, 0.4) is 0 Å². The van der Waals surface area contributed by atoms with Gasteiger partial charge in [0.15, 0.2) is 0 Å². The molecule has 0 aliphatic heterocycles. The van der Waals surface area contributed by atoms with Crippen molar-refractivity contribution in [3.05, 3.63) is 75.0 Å². The molecule has 0 spiro atoms. The number of benzene rings is 2. The van der Waals surface area contributed by atoms with Gasteiger partial charge in [-0.05, 0) is 49.7 Å². The largest absolute Gasteiger partial charge is 0.497 e. The Morgan fingerprint density at radius 3 is 2.59 bits per heavy atom. The van der Waals surface area contributed by atoms with Crippen LogP contribution in [0.15, 0.2) is 42.5 Å². The standard InChI is InChI=1S/C22H23Cl2N3O2/c1-14-19(15(2)27(25-14)17-8-9-20(23)21(24)11-17)12-22(28)26(3)13-16-6-5-7-18(10-16)29-4/h5-11H,12-13H2,1-4H3. The molecule has 0 fully saturated rings. The van der Waals surface area contributed by atoms with E-state index in [9.17, 15) is 4.79 Å². The zero-order valence-electron chi connectivity index (χ0n) is 16.9. The number of hydrogen-bond acceptors (Lipinski definition) is 3. The van der Waals surface area contributed by atoms with Gasteiger partial charge in [0.25, 0.3) is 0 Å². The molecule has 0 aliphatic carbocycles. The van der Waals surface area contributed by atoms with Crippen molar-refractivity contribution >= 4 is 29.1 Å². The number of hydrogen-bond donors (Lipinski definition) is 0. The molecule has 0 atom stereocenters. The molecule has 0 saturated heterocycles. The lowest BCUT2D eigenvalue weighted by Crippen LogP contribution is -2.28. The molecule has 3 rings (SSSR count). The zero-order valence-corrected chi connectivity index (χ0v) is 18.4. The van der Waals surface area contributed by atoms with Gasteiger partial charge in [-0.15, -0.1) is 0 Å². The summed E-state index contributed by atoms with van der Waals surface area (Å²) >= 11 is 12.2. The van der Waals surface area contributed by atoms with Gasteiger partial charge in [-0.2, -0.15) is 5.10 Å². The molecule has 1 amide bonds. The van der Waals surface area contributed by atoms with E-state index in [4.69, 9.17) is 27.9 Å². The summed E-state index contributed by atoms with van der Waals surface area (Å²) in [5, 5.41) is 5.56. The lowest BCUT2D eigenvalue weighted by Gasteiger charge is -2.18. The molecular weight excluding hydrogens is 409 g/mol. The summed E-state index contributed by atoms with van der Waals surface area (Å²) in [6.45, 7) is 4.37. The van der Waals surface area contributed by atoms with E-state index in [-0.39, 0.29) is 12.3 Å². The topological polar surface area (TPSA) is 47.4 Å². The average Bonchev–Trinajstić information content (AvgIpc) is 2.98. The van der Waals surface area contributed by atoms with E-state index in [0.29, 0.717) is 16.6 Å². The highest BCUT2D eigenvalue weighted by Crippen LogP contribution is 2.26. The van der Waals surface area contributed by atoms with Gasteiger partial charge >= 0.3 is 0 Å². The summed E-state index contributed by atoms with van der Waals surface area (Å²) < 4.78 is 7.05. The molecule has 0 saturated carbocycles.